The molecule has 0 unspecified atom stereocenters. The first-order chi connectivity index (χ1) is 69.0. The smallest absolute Gasteiger partial charge is 0.276 e. The minimum Gasteiger partial charge on any atom is -0.488 e. The SMILES string of the molecule is C=CC[C@@H](O)[C@@H]1COc2c(cn(C)c2C(=O)Nc2ccc(C)c(C#N)c2)S(=O)(=O)N1.C=CC[C@@H](O)[C@H]1COc2c(cn(C)c2C(=O)Nc2ccc(C)c(C#N)c2)S(=O)(=O)N1.C=CC[C@@H]1COc2c(cn(C)c2C(=O)Nc2ccc(C)c(C#N)c2)S(=O)(=O)N1.C=CC[C@H](O)[C@@H]1COc2c(cn(C)c2C(=O)Nc2ccc(C)c(C#N)c2)S(=O)(=O)N1.C=CC[C@H]1COc2c(cn(C)c2C(=O)Nc2ccc(C)c(C#N)c2)S(=O)(=O)N1. The molecular weight excluding hydrogens is 1990 g/mol. The maximum absolute atomic E-state index is 12.9. The van der Waals surface area contributed by atoms with Crippen LogP contribution in [0.15, 0.2) is 210 Å². The van der Waals surface area contributed by atoms with E-state index in [4.69, 9.17) is 34.2 Å². The predicted octanol–water partition coefficient (Wildman–Crippen LogP) is 8.45. The summed E-state index contributed by atoms with van der Waals surface area (Å²) in [6.45, 7) is 26.5. The molecule has 15 rings (SSSR count). The van der Waals surface area contributed by atoms with E-state index >= 15 is 0 Å². The van der Waals surface area contributed by atoms with E-state index in [1.807, 2.05) is 0 Å². The van der Waals surface area contributed by atoms with Gasteiger partial charge < -0.3 is 88.4 Å². The number of carbonyl (C=O) groups is 5. The van der Waals surface area contributed by atoms with Gasteiger partial charge >= 0.3 is 0 Å². The summed E-state index contributed by atoms with van der Waals surface area (Å²) in [6.07, 6.45) is 12.4. The van der Waals surface area contributed by atoms with Gasteiger partial charge in [-0.25, -0.2) is 65.7 Å². The van der Waals surface area contributed by atoms with Gasteiger partial charge in [0.2, 0.25) is 50.1 Å². The number of sulfonamides is 5. The Morgan fingerprint density at radius 3 is 0.699 bits per heavy atom. The number of fused-ring (bicyclic) bond motifs is 5. The molecule has 43 nitrogen and oxygen atoms in total. The highest BCUT2D eigenvalue weighted by Crippen LogP contribution is 2.40. The van der Waals surface area contributed by atoms with Crippen LogP contribution in [-0.2, 0) is 85.4 Å². The molecule has 10 aromatic rings. The molecule has 0 fully saturated rings. The van der Waals surface area contributed by atoms with Crippen LogP contribution in [0.2, 0.25) is 0 Å². The van der Waals surface area contributed by atoms with Gasteiger partial charge in [0.25, 0.3) is 29.5 Å². The van der Waals surface area contributed by atoms with Gasteiger partial charge in [0.15, 0.2) is 57.2 Å². The minimum atomic E-state index is -4.03. The Kier molecular flexibility index (Phi) is 35.6. The second-order valence-corrected chi connectivity index (χ2v) is 42.5. The summed E-state index contributed by atoms with van der Waals surface area (Å²) in [4.78, 5) is 63.7. The van der Waals surface area contributed by atoms with Crippen molar-refractivity contribution in [2.75, 3.05) is 59.6 Å². The van der Waals surface area contributed by atoms with Crippen LogP contribution >= 0.6 is 0 Å². The molecule has 5 aromatic carbocycles. The molecule has 5 aliphatic rings. The van der Waals surface area contributed by atoms with Gasteiger partial charge in [0, 0.05) is 94.7 Å². The number of ether oxygens (including phenoxy) is 5. The van der Waals surface area contributed by atoms with E-state index in [-0.39, 0.29) is 134 Å². The Balaban J connectivity index is 0.000000174. The molecule has 8 atom stereocenters. The number of nitriles is 5. The number of nitrogens with one attached hydrogen (secondary N) is 10. The Morgan fingerprint density at radius 2 is 0.521 bits per heavy atom. The standard InChI is InChI=1S/3C20H22N4O5S.2C19H20N4O4S/c3*1-4-5-16(25)15-11-29-19-17(30(27,28)23-15)10-24(3)18(19)20(26)22-14-7-6-12(2)13(8-14)9-21;2*1-4-5-15-11-27-18-16(28(25,26)22-15)10-23(3)17(18)19(24)21-14-7-6-12(2)13(8-14)9-20/h3*4,6-8,10,15-16,23,25H,1,5,11H2,2-3H3,(H,22,26);2*4,6-8,10,15,22H,1,5,11H2,2-3H3,(H,21,24)/t15-,16+;2*15-,16-;2*15-/m01010/s1. The number of anilines is 5. The van der Waals surface area contributed by atoms with Crippen LogP contribution in [0, 0.1) is 91.3 Å². The van der Waals surface area contributed by atoms with Gasteiger partial charge in [-0.3, -0.25) is 24.0 Å². The van der Waals surface area contributed by atoms with Gasteiger partial charge in [0.05, 0.1) is 107 Å². The van der Waals surface area contributed by atoms with Crippen LogP contribution in [-0.4, -0.2) is 191 Å². The van der Waals surface area contributed by atoms with Gasteiger partial charge in [-0.2, -0.15) is 26.3 Å². The molecule has 0 bridgehead atoms. The number of rotatable bonds is 23. The summed E-state index contributed by atoms with van der Waals surface area (Å²) in [6, 6.07) is 31.3. The lowest BCUT2D eigenvalue weighted by Crippen LogP contribution is -2.45. The van der Waals surface area contributed by atoms with Crippen molar-refractivity contribution < 1.29 is 105 Å². The van der Waals surface area contributed by atoms with E-state index in [1.54, 1.807) is 134 Å². The first-order valence-electron chi connectivity index (χ1n) is 44.5. The highest BCUT2D eigenvalue weighted by molar-refractivity contribution is 7.90. The highest BCUT2D eigenvalue weighted by Gasteiger charge is 2.43. The number of hydrogen-bond donors (Lipinski definition) is 13. The lowest BCUT2D eigenvalue weighted by molar-refractivity contribution is 0.0989. The van der Waals surface area contributed by atoms with E-state index in [0.29, 0.717) is 69.1 Å². The normalized spacial score (nSPS) is 18.0. The van der Waals surface area contributed by atoms with Crippen LogP contribution in [0.1, 0.15) is 140 Å². The van der Waals surface area contributed by atoms with Crippen LogP contribution in [0.25, 0.3) is 0 Å². The van der Waals surface area contributed by atoms with E-state index in [2.05, 4.69) is 113 Å². The molecule has 5 amide bonds. The average Bonchev–Trinajstić information content (AvgIpc) is 1.63. The van der Waals surface area contributed by atoms with Crippen molar-refractivity contribution in [2.45, 2.75) is 140 Å². The van der Waals surface area contributed by atoms with E-state index in [1.165, 1.54) is 111 Å². The van der Waals surface area contributed by atoms with Crippen LogP contribution < -0.4 is 73.9 Å². The summed E-state index contributed by atoms with van der Waals surface area (Å²) >= 11 is 0. The second-order valence-electron chi connectivity index (χ2n) is 34.1. The summed E-state index contributed by atoms with van der Waals surface area (Å²) in [5.41, 5.74) is 8.27. The Hall–Kier alpha value is -15.6. The van der Waals surface area contributed by atoms with E-state index in [0.717, 1.165) is 27.8 Å². The van der Waals surface area contributed by atoms with Gasteiger partial charge in [-0.05, 0) is 155 Å². The molecule has 0 radical (unpaired) electrons. The Labute approximate surface area is 843 Å². The molecule has 48 heteroatoms. The number of aryl methyl sites for hydroxylation is 10. The molecule has 13 N–H and O–H groups in total. The third-order valence-corrected chi connectivity index (χ3v) is 30.8. The number of aliphatic hydroxyl groups excluding tert-OH is 3. The fraction of sp³-hybridized carbons (Fsp3) is 0.286. The molecule has 10 heterocycles. The molecule has 0 saturated heterocycles. The molecule has 146 heavy (non-hydrogen) atoms. The molecular formula is C98H106N20O23S5. The number of benzene rings is 5. The lowest BCUT2D eigenvalue weighted by atomic mass is 10.1. The number of hydrogen-bond acceptors (Lipinski definition) is 28. The fourth-order valence-corrected chi connectivity index (χ4v) is 22.7. The van der Waals surface area contributed by atoms with Gasteiger partial charge in [-0.1, -0.05) is 60.7 Å². The number of nitrogens with zero attached hydrogens (tertiary/aromatic N) is 10. The fourth-order valence-electron chi connectivity index (χ4n) is 15.5. The minimum absolute atomic E-state index is 0.00619. The highest BCUT2D eigenvalue weighted by atomic mass is 32.2. The zero-order chi connectivity index (χ0) is 107. The first kappa shape index (κ1) is 111. The second kappa shape index (κ2) is 46.9. The third-order valence-electron chi connectivity index (χ3n) is 23.3. The van der Waals surface area contributed by atoms with Gasteiger partial charge in [0.1, 0.15) is 57.5 Å². The summed E-state index contributed by atoms with van der Waals surface area (Å²) in [5.74, 6) is -3.11. The number of amides is 5. The van der Waals surface area contributed by atoms with Crippen molar-refractivity contribution in [1.82, 2.24) is 46.4 Å². The van der Waals surface area contributed by atoms with Crippen molar-refractivity contribution in [2.24, 2.45) is 35.2 Å². The van der Waals surface area contributed by atoms with Crippen LogP contribution in [0.3, 0.4) is 0 Å². The predicted molar refractivity (Wildman–Crippen MR) is 536 cm³/mol. The van der Waals surface area contributed by atoms with Crippen molar-refractivity contribution >= 4 is 108 Å². The van der Waals surface area contributed by atoms with Gasteiger partial charge in [-0.15, -0.1) is 32.9 Å². The average molecular weight is 2090 g/mol. The maximum atomic E-state index is 12.9. The number of aromatic nitrogens is 5. The maximum Gasteiger partial charge on any atom is 0.276 e. The number of aliphatic hydroxyl groups is 3. The molecule has 766 valence electrons. The molecule has 0 aliphatic carbocycles. The monoisotopic (exact) mass is 2090 g/mol. The summed E-state index contributed by atoms with van der Waals surface area (Å²) in [5, 5.41) is 89.7. The summed E-state index contributed by atoms with van der Waals surface area (Å²) < 4.78 is 175. The van der Waals surface area contributed by atoms with E-state index < -0.39 is 128 Å². The molecule has 5 aromatic heterocycles. The molecule has 0 spiro atoms. The third kappa shape index (κ3) is 25.4. The largest absolute Gasteiger partial charge is 0.488 e. The van der Waals surface area contributed by atoms with Crippen LogP contribution in [0.5, 0.6) is 28.7 Å². The van der Waals surface area contributed by atoms with E-state index in [9.17, 15) is 97.2 Å². The van der Waals surface area contributed by atoms with Crippen molar-refractivity contribution in [3.63, 3.8) is 0 Å². The molecule has 0 saturated carbocycles. The topological polar surface area (TPSA) is 627 Å². The van der Waals surface area contributed by atoms with Crippen molar-refractivity contribution in [3.05, 3.63) is 269 Å². The quantitative estimate of drug-likeness (QED) is 0.0267. The van der Waals surface area contributed by atoms with Crippen molar-refractivity contribution in [3.8, 4) is 59.1 Å². The number of carbonyl (C=O) groups excluding carboxylic acids is 5. The molecule has 5 aliphatic heterocycles. The summed E-state index contributed by atoms with van der Waals surface area (Å²) in [7, 11) is -12.0. The first-order valence-corrected chi connectivity index (χ1v) is 51.9. The Bertz CT molecular complexity index is 7110. The lowest BCUT2D eigenvalue weighted by Gasteiger charge is -2.20. The van der Waals surface area contributed by atoms with Crippen LogP contribution in [0.4, 0.5) is 28.4 Å². The zero-order valence-electron chi connectivity index (χ0n) is 80.7. The zero-order valence-corrected chi connectivity index (χ0v) is 84.8. The van der Waals surface area contributed by atoms with Crippen molar-refractivity contribution in [1.29, 1.82) is 26.3 Å². The Morgan fingerprint density at radius 1 is 0.336 bits per heavy atom.